The van der Waals surface area contributed by atoms with Gasteiger partial charge in [0.1, 0.15) is 22.9 Å². The molecule has 3 aromatic carbocycles. The lowest BCUT2D eigenvalue weighted by Crippen LogP contribution is -2.51. The van der Waals surface area contributed by atoms with Crippen molar-refractivity contribution in [1.29, 1.82) is 0 Å². The van der Waals surface area contributed by atoms with E-state index < -0.39 is 35.2 Å². The first-order valence-electron chi connectivity index (χ1n) is 13.7. The Labute approximate surface area is 241 Å². The number of anilines is 2. The molecule has 1 saturated heterocycles. The summed E-state index contributed by atoms with van der Waals surface area (Å²) < 4.78 is 5.17. The SMILES string of the molecule is CC(=O)Oc1ccc(C(=O)[C@@H]2[C@H](C(=O)c3ccccn3)[C@]3(C(=O)Nc4ccccc43)[C@@H]3C=Cc4ccccc4N23)cc1. The monoisotopic (exact) mass is 555 g/mol. The van der Waals surface area contributed by atoms with Gasteiger partial charge in [0.15, 0.2) is 11.6 Å². The van der Waals surface area contributed by atoms with Gasteiger partial charge in [-0.3, -0.25) is 24.2 Å². The summed E-state index contributed by atoms with van der Waals surface area (Å²) >= 11 is 0. The normalized spacial score (nSPS) is 23.1. The fraction of sp³-hybridized carbons (Fsp3) is 0.147. The first-order valence-corrected chi connectivity index (χ1v) is 13.7. The maximum absolute atomic E-state index is 14.7. The molecule has 42 heavy (non-hydrogen) atoms. The molecule has 0 radical (unpaired) electrons. The second-order valence-electron chi connectivity index (χ2n) is 10.6. The minimum atomic E-state index is -1.41. The molecule has 1 amide bonds. The fourth-order valence-electron chi connectivity index (χ4n) is 6.81. The summed E-state index contributed by atoms with van der Waals surface area (Å²) in [6.07, 6.45) is 5.42. The van der Waals surface area contributed by atoms with Crippen molar-refractivity contribution in [2.24, 2.45) is 5.92 Å². The summed E-state index contributed by atoms with van der Waals surface area (Å²) in [5, 5.41) is 3.02. The number of hydrogen-bond donors (Lipinski definition) is 1. The van der Waals surface area contributed by atoms with Crippen LogP contribution in [0.25, 0.3) is 6.08 Å². The summed E-state index contributed by atoms with van der Waals surface area (Å²) in [4.78, 5) is 61.4. The van der Waals surface area contributed by atoms with E-state index in [1.54, 1.807) is 42.5 Å². The van der Waals surface area contributed by atoms with Crippen molar-refractivity contribution in [2.75, 3.05) is 10.2 Å². The summed E-state index contributed by atoms with van der Waals surface area (Å²) in [7, 11) is 0. The summed E-state index contributed by atoms with van der Waals surface area (Å²) in [6.45, 7) is 1.30. The Balaban J connectivity index is 1.48. The van der Waals surface area contributed by atoms with Crippen molar-refractivity contribution in [1.82, 2.24) is 4.98 Å². The predicted molar refractivity (Wildman–Crippen MR) is 156 cm³/mol. The molecule has 0 bridgehead atoms. The topological polar surface area (TPSA) is 106 Å². The zero-order valence-electron chi connectivity index (χ0n) is 22.6. The molecule has 206 valence electrons. The number of rotatable bonds is 5. The van der Waals surface area contributed by atoms with Gasteiger partial charge in [0.05, 0.1) is 12.0 Å². The van der Waals surface area contributed by atoms with Gasteiger partial charge < -0.3 is 15.0 Å². The average Bonchev–Trinajstić information content (AvgIpc) is 3.49. The highest BCUT2D eigenvalue weighted by Crippen LogP contribution is 2.58. The van der Waals surface area contributed by atoms with Gasteiger partial charge in [-0.1, -0.05) is 54.6 Å². The number of amides is 1. The van der Waals surface area contributed by atoms with Gasteiger partial charge in [0.25, 0.3) is 0 Å². The molecule has 7 rings (SSSR count). The van der Waals surface area contributed by atoms with E-state index in [9.17, 15) is 19.2 Å². The molecule has 1 spiro atoms. The minimum absolute atomic E-state index is 0.180. The van der Waals surface area contributed by atoms with E-state index in [1.807, 2.05) is 65.6 Å². The maximum Gasteiger partial charge on any atom is 0.308 e. The average molecular weight is 556 g/mol. The van der Waals surface area contributed by atoms with Crippen LogP contribution in [0, 0.1) is 5.92 Å². The van der Waals surface area contributed by atoms with E-state index in [2.05, 4.69) is 10.3 Å². The van der Waals surface area contributed by atoms with Gasteiger partial charge in [-0.25, -0.2) is 0 Å². The molecule has 4 aromatic rings. The third-order valence-electron chi connectivity index (χ3n) is 8.41. The van der Waals surface area contributed by atoms with Gasteiger partial charge in [0, 0.05) is 30.1 Å². The first-order chi connectivity index (χ1) is 20.4. The second-order valence-corrected chi connectivity index (χ2v) is 10.6. The van der Waals surface area contributed by atoms with Crippen LogP contribution < -0.4 is 15.0 Å². The molecule has 1 N–H and O–H groups in total. The van der Waals surface area contributed by atoms with Crippen LogP contribution in [0.15, 0.2) is 103 Å². The van der Waals surface area contributed by atoms with Crippen LogP contribution in [0.1, 0.15) is 38.9 Å². The molecule has 1 aromatic heterocycles. The van der Waals surface area contributed by atoms with Gasteiger partial charge >= 0.3 is 5.97 Å². The van der Waals surface area contributed by atoms with E-state index in [1.165, 1.54) is 13.1 Å². The molecule has 8 nitrogen and oxygen atoms in total. The summed E-state index contributed by atoms with van der Waals surface area (Å²) in [5.74, 6) is -2.34. The fourth-order valence-corrected chi connectivity index (χ4v) is 6.81. The molecule has 0 saturated carbocycles. The molecule has 0 aliphatic carbocycles. The predicted octanol–water partition coefficient (Wildman–Crippen LogP) is 4.86. The Morgan fingerprint density at radius 2 is 1.62 bits per heavy atom. The zero-order chi connectivity index (χ0) is 29.0. The van der Waals surface area contributed by atoms with Crippen LogP contribution in [-0.2, 0) is 15.0 Å². The molecule has 3 aliphatic heterocycles. The number of ether oxygens (including phenoxy) is 1. The number of hydrogen-bond acceptors (Lipinski definition) is 7. The van der Waals surface area contributed by atoms with Gasteiger partial charge in [-0.15, -0.1) is 0 Å². The van der Waals surface area contributed by atoms with E-state index in [-0.39, 0.29) is 17.4 Å². The molecular weight excluding hydrogens is 530 g/mol. The van der Waals surface area contributed by atoms with E-state index >= 15 is 0 Å². The number of aromatic nitrogens is 1. The zero-order valence-corrected chi connectivity index (χ0v) is 22.6. The van der Waals surface area contributed by atoms with Crippen LogP contribution in [0.3, 0.4) is 0 Å². The summed E-state index contributed by atoms with van der Waals surface area (Å²) in [5.41, 5.74) is 2.02. The number of carbonyl (C=O) groups excluding carboxylic acids is 4. The maximum atomic E-state index is 14.7. The number of benzene rings is 3. The highest BCUT2D eigenvalue weighted by molar-refractivity contribution is 6.18. The number of carbonyl (C=O) groups is 4. The molecule has 4 atom stereocenters. The molecular formula is C34H25N3O5. The van der Waals surface area contributed by atoms with Crippen molar-refractivity contribution < 1.29 is 23.9 Å². The van der Waals surface area contributed by atoms with Gasteiger partial charge in [-0.05, 0) is 59.7 Å². The number of esters is 1. The van der Waals surface area contributed by atoms with E-state index in [0.717, 1.165) is 11.3 Å². The number of para-hydroxylation sites is 2. The Morgan fingerprint density at radius 3 is 2.38 bits per heavy atom. The summed E-state index contributed by atoms with van der Waals surface area (Å²) in [6, 6.07) is 24.6. The molecule has 4 heterocycles. The standard InChI is InChI=1S/C34H25N3O5/c1-20(38)42-23-16-13-22(14-17-23)31(39)30-29(32(40)26-11-6-7-19-35-26)34(24-9-3-4-10-25(24)36-33(34)41)28-18-15-21-8-2-5-12-27(21)37(28)30/h2-19,28-30H,1H3,(H,36,41)/t28-,29+,30-,34+/m0/s1. The molecule has 8 heteroatoms. The smallest absolute Gasteiger partial charge is 0.308 e. The third kappa shape index (κ3) is 3.65. The Morgan fingerprint density at radius 1 is 0.881 bits per heavy atom. The van der Waals surface area contributed by atoms with E-state index in [0.29, 0.717) is 22.6 Å². The van der Waals surface area contributed by atoms with Crippen LogP contribution in [-0.4, -0.2) is 40.5 Å². The van der Waals surface area contributed by atoms with Crippen molar-refractivity contribution in [3.63, 3.8) is 0 Å². The second kappa shape index (κ2) is 9.62. The quantitative estimate of drug-likeness (QED) is 0.213. The number of ketones is 2. The van der Waals surface area contributed by atoms with Crippen LogP contribution in [0.2, 0.25) is 0 Å². The molecule has 3 aliphatic rings. The Bertz CT molecular complexity index is 1800. The largest absolute Gasteiger partial charge is 0.427 e. The van der Waals surface area contributed by atoms with Crippen molar-refractivity contribution in [2.45, 2.75) is 24.4 Å². The van der Waals surface area contributed by atoms with Crippen LogP contribution in [0.4, 0.5) is 11.4 Å². The lowest BCUT2D eigenvalue weighted by Gasteiger charge is -2.37. The minimum Gasteiger partial charge on any atom is -0.427 e. The number of fused-ring (bicyclic) bond motifs is 6. The lowest BCUT2D eigenvalue weighted by molar-refractivity contribution is -0.131. The molecule has 1 fully saturated rings. The van der Waals surface area contributed by atoms with E-state index in [4.69, 9.17) is 4.74 Å². The highest BCUT2D eigenvalue weighted by atomic mass is 16.5. The highest BCUT2D eigenvalue weighted by Gasteiger charge is 2.70. The number of pyridine rings is 1. The van der Waals surface area contributed by atoms with Gasteiger partial charge in [0.2, 0.25) is 5.91 Å². The van der Waals surface area contributed by atoms with Crippen LogP contribution >= 0.6 is 0 Å². The van der Waals surface area contributed by atoms with Crippen LogP contribution in [0.5, 0.6) is 5.75 Å². The third-order valence-corrected chi connectivity index (χ3v) is 8.41. The first kappa shape index (κ1) is 25.6. The number of nitrogens with one attached hydrogen (secondary N) is 1. The molecule has 0 unspecified atom stereocenters. The lowest BCUT2D eigenvalue weighted by atomic mass is 9.64. The van der Waals surface area contributed by atoms with Crippen molar-refractivity contribution in [3.8, 4) is 5.75 Å². The van der Waals surface area contributed by atoms with Crippen molar-refractivity contribution in [3.05, 3.63) is 126 Å². The Hall–Kier alpha value is -5.37. The van der Waals surface area contributed by atoms with Crippen molar-refractivity contribution >= 4 is 40.9 Å². The number of Topliss-reactive ketones (excluding diaryl/α,β-unsaturated/α-hetero) is 2. The Kier molecular flexibility index (Phi) is 5.86. The van der Waals surface area contributed by atoms with Gasteiger partial charge in [-0.2, -0.15) is 0 Å². The number of nitrogens with zero attached hydrogens (tertiary/aromatic N) is 2.